The van der Waals surface area contributed by atoms with Gasteiger partial charge < -0.3 is 9.53 Å². The van der Waals surface area contributed by atoms with Crippen LogP contribution in [0.3, 0.4) is 0 Å². The third-order valence-electron chi connectivity index (χ3n) is 4.71. The molecule has 0 amide bonds. The summed E-state index contributed by atoms with van der Waals surface area (Å²) in [5.74, 6) is 1.53. The van der Waals surface area contributed by atoms with Gasteiger partial charge in [-0.05, 0) is 42.1 Å². The van der Waals surface area contributed by atoms with Crippen molar-refractivity contribution >= 4 is 8.32 Å². The largest absolute Gasteiger partial charge is 0.543 e. The molecule has 108 valence electrons. The monoisotopic (exact) mass is 280 g/mol. The number of benzene rings is 1. The van der Waals surface area contributed by atoms with Gasteiger partial charge in [-0.1, -0.05) is 45.9 Å². The van der Waals surface area contributed by atoms with Crippen LogP contribution in [-0.4, -0.2) is 20.0 Å². The minimum absolute atomic E-state index is 0.163. The van der Waals surface area contributed by atoms with Crippen molar-refractivity contribution in [1.29, 1.82) is 0 Å². The summed E-state index contributed by atoms with van der Waals surface area (Å²) in [6, 6.07) is 8.07. The fourth-order valence-electron chi connectivity index (χ4n) is 2.03. The van der Waals surface area contributed by atoms with Gasteiger partial charge in [0.2, 0.25) is 0 Å². The molecule has 0 radical (unpaired) electrons. The second-order valence-electron chi connectivity index (χ2n) is 6.57. The minimum Gasteiger partial charge on any atom is -0.543 e. The van der Waals surface area contributed by atoms with E-state index in [4.69, 9.17) is 9.53 Å². The van der Waals surface area contributed by atoms with Gasteiger partial charge >= 0.3 is 0 Å². The van der Waals surface area contributed by atoms with E-state index < -0.39 is 8.32 Å². The summed E-state index contributed by atoms with van der Waals surface area (Å²) in [4.78, 5) is 0. The molecular formula is C16H28O2Si. The van der Waals surface area contributed by atoms with Crippen LogP contribution in [0, 0.1) is 5.92 Å². The smallest absolute Gasteiger partial charge is 0.251 e. The molecule has 1 aromatic rings. The summed E-state index contributed by atoms with van der Waals surface area (Å²) in [7, 11) is -1.88. The highest BCUT2D eigenvalue weighted by molar-refractivity contribution is 6.75. The van der Waals surface area contributed by atoms with Crippen LogP contribution in [0.15, 0.2) is 24.3 Å². The zero-order chi connectivity index (χ0) is 14.7. The van der Waals surface area contributed by atoms with Gasteiger partial charge in [0.1, 0.15) is 5.75 Å². The lowest BCUT2D eigenvalue weighted by molar-refractivity contribution is 0.298. The summed E-state index contributed by atoms with van der Waals surface area (Å²) in [6.07, 6.45) is 0.656. The van der Waals surface area contributed by atoms with Crippen LogP contribution in [0.1, 0.15) is 33.3 Å². The quantitative estimate of drug-likeness (QED) is 0.790. The molecule has 1 N–H and O–H groups in total. The van der Waals surface area contributed by atoms with Crippen molar-refractivity contribution in [2.24, 2.45) is 5.92 Å². The van der Waals surface area contributed by atoms with Gasteiger partial charge in [-0.15, -0.1) is 0 Å². The second kappa shape index (κ2) is 6.10. The lowest BCUT2D eigenvalue weighted by Crippen LogP contribution is -2.48. The van der Waals surface area contributed by atoms with Crippen molar-refractivity contribution in [3.63, 3.8) is 0 Å². The van der Waals surface area contributed by atoms with E-state index in [0.717, 1.165) is 11.3 Å². The predicted octanol–water partition coefficient (Wildman–Crippen LogP) is 4.24. The Labute approximate surface area is 118 Å². The number of aliphatic hydroxyl groups excluding tert-OH is 1. The molecule has 1 aromatic carbocycles. The number of hydrogen-bond donors (Lipinski definition) is 1. The maximum absolute atomic E-state index is 9.15. The zero-order valence-electron chi connectivity index (χ0n) is 13.2. The SMILES string of the molecule is CC(C)C(C)(C)[Si](C)(C)Oc1ccccc1CCO. The number of hydrogen-bond acceptors (Lipinski definition) is 2. The van der Waals surface area contributed by atoms with Crippen LogP contribution in [0.2, 0.25) is 18.1 Å². The molecule has 0 aliphatic carbocycles. The topological polar surface area (TPSA) is 29.5 Å². The van der Waals surface area contributed by atoms with Gasteiger partial charge in [0.25, 0.3) is 8.32 Å². The molecule has 0 atom stereocenters. The molecule has 3 heteroatoms. The molecule has 0 aliphatic heterocycles. The molecule has 1 rings (SSSR count). The first-order chi connectivity index (χ1) is 8.72. The van der Waals surface area contributed by atoms with E-state index in [1.165, 1.54) is 0 Å². The van der Waals surface area contributed by atoms with Crippen LogP contribution >= 0.6 is 0 Å². The normalized spacial score (nSPS) is 12.8. The summed E-state index contributed by atoms with van der Waals surface area (Å²) in [5.41, 5.74) is 1.10. The first kappa shape index (κ1) is 16.3. The molecule has 0 aromatic heterocycles. The van der Waals surface area contributed by atoms with Gasteiger partial charge in [0.15, 0.2) is 0 Å². The highest BCUT2D eigenvalue weighted by Gasteiger charge is 2.45. The van der Waals surface area contributed by atoms with Crippen LogP contribution in [0.5, 0.6) is 5.75 Å². The average molecular weight is 280 g/mol. The summed E-state index contributed by atoms with van der Waals surface area (Å²) >= 11 is 0. The lowest BCUT2D eigenvalue weighted by Gasteiger charge is -2.42. The fourth-order valence-corrected chi connectivity index (χ4v) is 4.43. The summed E-state index contributed by atoms with van der Waals surface area (Å²) < 4.78 is 6.44. The van der Waals surface area contributed by atoms with E-state index in [1.54, 1.807) is 0 Å². The number of para-hydroxylation sites is 1. The van der Waals surface area contributed by atoms with Crippen LogP contribution < -0.4 is 4.43 Å². The Hall–Kier alpha value is -0.803. The Kier molecular flexibility index (Phi) is 5.22. The predicted molar refractivity (Wildman–Crippen MR) is 84.2 cm³/mol. The standard InChI is InChI=1S/C16H28O2Si/c1-13(2)16(3,4)19(5,6)18-15-10-8-7-9-14(15)11-12-17/h7-10,13,17H,11-12H2,1-6H3. The number of rotatable bonds is 6. The van der Waals surface area contributed by atoms with Gasteiger partial charge in [-0.3, -0.25) is 0 Å². The summed E-state index contributed by atoms with van der Waals surface area (Å²) in [5, 5.41) is 9.34. The zero-order valence-corrected chi connectivity index (χ0v) is 14.2. The minimum atomic E-state index is -1.88. The molecule has 0 saturated carbocycles. The van der Waals surface area contributed by atoms with Crippen molar-refractivity contribution in [2.45, 2.75) is 52.2 Å². The molecule has 19 heavy (non-hydrogen) atoms. The molecular weight excluding hydrogens is 252 g/mol. The van der Waals surface area contributed by atoms with Crippen molar-refractivity contribution in [3.05, 3.63) is 29.8 Å². The maximum atomic E-state index is 9.15. The molecule has 0 unspecified atom stereocenters. The van der Waals surface area contributed by atoms with Crippen molar-refractivity contribution in [1.82, 2.24) is 0 Å². The van der Waals surface area contributed by atoms with E-state index in [0.29, 0.717) is 12.3 Å². The maximum Gasteiger partial charge on any atom is 0.251 e. The van der Waals surface area contributed by atoms with Gasteiger partial charge in [0, 0.05) is 6.61 Å². The molecule has 0 aliphatic rings. The Morgan fingerprint density at radius 3 is 2.32 bits per heavy atom. The Morgan fingerprint density at radius 2 is 1.79 bits per heavy atom. The van der Waals surface area contributed by atoms with Crippen LogP contribution in [0.25, 0.3) is 0 Å². The molecule has 2 nitrogen and oxygen atoms in total. The van der Waals surface area contributed by atoms with E-state index in [-0.39, 0.29) is 11.6 Å². The highest BCUT2D eigenvalue weighted by Crippen LogP contribution is 2.45. The number of aliphatic hydroxyl groups is 1. The van der Waals surface area contributed by atoms with Crippen molar-refractivity contribution in [2.75, 3.05) is 6.61 Å². The Morgan fingerprint density at radius 1 is 1.21 bits per heavy atom. The van der Waals surface area contributed by atoms with Gasteiger partial charge in [-0.2, -0.15) is 0 Å². The van der Waals surface area contributed by atoms with Crippen molar-refractivity contribution in [3.8, 4) is 5.75 Å². The first-order valence-corrected chi connectivity index (χ1v) is 10.0. The molecule has 0 bridgehead atoms. The molecule has 0 heterocycles. The summed E-state index contributed by atoms with van der Waals surface area (Å²) in [6.45, 7) is 13.9. The van der Waals surface area contributed by atoms with E-state index in [1.807, 2.05) is 24.3 Å². The first-order valence-electron chi connectivity index (χ1n) is 7.10. The highest BCUT2D eigenvalue weighted by atomic mass is 28.4. The van der Waals surface area contributed by atoms with Gasteiger partial charge in [0.05, 0.1) is 0 Å². The lowest BCUT2D eigenvalue weighted by atomic mass is 9.99. The second-order valence-corrected chi connectivity index (χ2v) is 11.1. The fraction of sp³-hybridized carbons (Fsp3) is 0.625. The van der Waals surface area contributed by atoms with Crippen LogP contribution in [-0.2, 0) is 6.42 Å². The van der Waals surface area contributed by atoms with E-state index in [2.05, 4.69) is 40.8 Å². The molecule has 0 saturated heterocycles. The average Bonchev–Trinajstić information content (AvgIpc) is 2.31. The Bertz CT molecular complexity index is 411. The molecule has 0 spiro atoms. The third-order valence-corrected chi connectivity index (χ3v) is 9.12. The molecule has 0 fully saturated rings. The third kappa shape index (κ3) is 3.60. The Balaban J connectivity index is 3.01. The van der Waals surface area contributed by atoms with E-state index in [9.17, 15) is 0 Å². The van der Waals surface area contributed by atoms with Crippen LogP contribution in [0.4, 0.5) is 0 Å². The van der Waals surface area contributed by atoms with Crippen molar-refractivity contribution < 1.29 is 9.53 Å². The van der Waals surface area contributed by atoms with E-state index >= 15 is 0 Å². The van der Waals surface area contributed by atoms with Gasteiger partial charge in [-0.25, -0.2) is 0 Å².